The van der Waals surface area contributed by atoms with Crippen molar-refractivity contribution in [3.05, 3.63) is 65.7 Å². The van der Waals surface area contributed by atoms with Crippen molar-refractivity contribution in [2.24, 2.45) is 11.8 Å². The van der Waals surface area contributed by atoms with E-state index in [9.17, 15) is 9.59 Å². The van der Waals surface area contributed by atoms with E-state index in [-0.39, 0.29) is 29.7 Å². The van der Waals surface area contributed by atoms with E-state index in [1.165, 1.54) is 0 Å². The third kappa shape index (κ3) is 3.58. The monoisotopic (exact) mass is 338 g/mol. The van der Waals surface area contributed by atoms with Gasteiger partial charge in [-0.1, -0.05) is 42.5 Å². The fraction of sp³-hybridized carbons (Fsp3) is 0.333. The van der Waals surface area contributed by atoms with Crippen LogP contribution in [0, 0.1) is 11.8 Å². The van der Waals surface area contributed by atoms with Gasteiger partial charge in [-0.25, -0.2) is 0 Å². The highest BCUT2D eigenvalue weighted by molar-refractivity contribution is 6.04. The maximum Gasteiger partial charge on any atom is 0.310 e. The molecule has 25 heavy (non-hydrogen) atoms. The van der Waals surface area contributed by atoms with Gasteiger partial charge in [0.1, 0.15) is 5.75 Å². The van der Waals surface area contributed by atoms with Crippen LogP contribution in [-0.4, -0.2) is 25.0 Å². The van der Waals surface area contributed by atoms with Gasteiger partial charge in [-0.15, -0.1) is 0 Å². The van der Waals surface area contributed by atoms with Gasteiger partial charge in [-0.3, -0.25) is 9.59 Å². The predicted molar refractivity (Wildman–Crippen MR) is 94.7 cm³/mol. The number of methoxy groups -OCH3 is 1. The van der Waals surface area contributed by atoms with Crippen molar-refractivity contribution < 1.29 is 19.1 Å². The SMILES string of the molecule is COc1ccc([C@H]2[C@H](C(=O)c3ccccc3)[C@@H]2C(=O)OC(C)C)cc1. The Labute approximate surface area is 147 Å². The first kappa shape index (κ1) is 17.2. The van der Waals surface area contributed by atoms with Gasteiger partial charge < -0.3 is 9.47 Å². The second kappa shape index (κ2) is 7.09. The summed E-state index contributed by atoms with van der Waals surface area (Å²) >= 11 is 0. The van der Waals surface area contributed by atoms with Gasteiger partial charge in [-0.05, 0) is 31.5 Å². The van der Waals surface area contributed by atoms with Gasteiger partial charge >= 0.3 is 5.97 Å². The molecule has 1 fully saturated rings. The van der Waals surface area contributed by atoms with Crippen molar-refractivity contribution in [1.82, 2.24) is 0 Å². The Kier molecular flexibility index (Phi) is 4.88. The summed E-state index contributed by atoms with van der Waals surface area (Å²) in [6.07, 6.45) is -0.197. The van der Waals surface area contributed by atoms with Crippen LogP contribution in [0.15, 0.2) is 54.6 Å². The van der Waals surface area contributed by atoms with E-state index in [0.717, 1.165) is 11.3 Å². The van der Waals surface area contributed by atoms with Crippen molar-refractivity contribution in [3.63, 3.8) is 0 Å². The minimum absolute atomic E-state index is 0.00729. The molecule has 0 N–H and O–H groups in total. The van der Waals surface area contributed by atoms with Crippen molar-refractivity contribution in [1.29, 1.82) is 0 Å². The zero-order valence-electron chi connectivity index (χ0n) is 14.6. The lowest BCUT2D eigenvalue weighted by Crippen LogP contribution is -2.16. The molecule has 4 nitrogen and oxygen atoms in total. The molecule has 1 aliphatic carbocycles. The fourth-order valence-electron chi connectivity index (χ4n) is 3.28. The molecule has 2 aromatic carbocycles. The third-order valence-corrected chi connectivity index (χ3v) is 4.51. The summed E-state index contributed by atoms with van der Waals surface area (Å²) in [5.74, 6) is -0.510. The predicted octanol–water partition coefficient (Wildman–Crippen LogP) is 3.86. The van der Waals surface area contributed by atoms with Gasteiger partial charge in [0.25, 0.3) is 0 Å². The van der Waals surface area contributed by atoms with Gasteiger partial charge in [0, 0.05) is 17.4 Å². The standard InChI is InChI=1S/C21H22O4/c1-13(2)25-21(23)19-17(14-9-11-16(24-3)12-10-14)18(19)20(22)15-7-5-4-6-8-15/h4-13,17-19H,1-3H3/t17-,18-,19+/m0/s1. The van der Waals surface area contributed by atoms with E-state index >= 15 is 0 Å². The first-order valence-electron chi connectivity index (χ1n) is 8.46. The highest BCUT2D eigenvalue weighted by Gasteiger charge is 2.60. The number of ether oxygens (including phenoxy) is 2. The molecule has 1 aliphatic rings. The Morgan fingerprint density at radius 1 is 0.920 bits per heavy atom. The quantitative estimate of drug-likeness (QED) is 0.593. The van der Waals surface area contributed by atoms with E-state index in [1.807, 2.05) is 56.3 Å². The molecule has 0 saturated heterocycles. The molecule has 0 amide bonds. The van der Waals surface area contributed by atoms with Gasteiger partial charge in [0.15, 0.2) is 5.78 Å². The lowest BCUT2D eigenvalue weighted by atomic mass is 10.0. The van der Waals surface area contributed by atoms with Crippen LogP contribution in [0.3, 0.4) is 0 Å². The summed E-state index contributed by atoms with van der Waals surface area (Å²) < 4.78 is 10.6. The van der Waals surface area contributed by atoms with E-state index in [4.69, 9.17) is 9.47 Å². The number of carbonyl (C=O) groups is 2. The summed E-state index contributed by atoms with van der Waals surface area (Å²) in [7, 11) is 1.61. The van der Waals surface area contributed by atoms with E-state index in [0.29, 0.717) is 5.56 Å². The molecule has 2 aromatic rings. The minimum atomic E-state index is -0.427. The molecular weight excluding hydrogens is 316 g/mol. The lowest BCUT2D eigenvalue weighted by molar-refractivity contribution is -0.149. The second-order valence-electron chi connectivity index (χ2n) is 6.57. The van der Waals surface area contributed by atoms with Crippen molar-refractivity contribution in [2.75, 3.05) is 7.11 Å². The van der Waals surface area contributed by atoms with Crippen LogP contribution < -0.4 is 4.74 Å². The highest BCUT2D eigenvalue weighted by atomic mass is 16.5. The molecular formula is C21H22O4. The molecule has 3 rings (SSSR count). The number of carbonyl (C=O) groups excluding carboxylic acids is 2. The van der Waals surface area contributed by atoms with Gasteiger partial charge in [0.05, 0.1) is 19.1 Å². The molecule has 0 bridgehead atoms. The number of benzene rings is 2. The summed E-state index contributed by atoms with van der Waals surface area (Å²) in [6, 6.07) is 16.6. The van der Waals surface area contributed by atoms with Crippen LogP contribution in [0.2, 0.25) is 0 Å². The van der Waals surface area contributed by atoms with Crippen molar-refractivity contribution >= 4 is 11.8 Å². The smallest absolute Gasteiger partial charge is 0.310 e. The maximum atomic E-state index is 12.9. The highest BCUT2D eigenvalue weighted by Crippen LogP contribution is 2.56. The maximum absolute atomic E-state index is 12.9. The van der Waals surface area contributed by atoms with Crippen molar-refractivity contribution in [2.45, 2.75) is 25.9 Å². The van der Waals surface area contributed by atoms with Crippen molar-refractivity contribution in [3.8, 4) is 5.75 Å². The van der Waals surface area contributed by atoms with Crippen LogP contribution in [-0.2, 0) is 9.53 Å². The zero-order valence-corrected chi connectivity index (χ0v) is 14.6. The summed E-state index contributed by atoms with van der Waals surface area (Å²) in [5, 5.41) is 0. The molecule has 0 spiro atoms. The first-order chi connectivity index (χ1) is 12.0. The Morgan fingerprint density at radius 2 is 1.56 bits per heavy atom. The number of ketones is 1. The van der Waals surface area contributed by atoms with E-state index < -0.39 is 5.92 Å². The fourth-order valence-corrected chi connectivity index (χ4v) is 3.28. The molecule has 3 atom stereocenters. The van der Waals surface area contributed by atoms with Gasteiger partial charge in [0.2, 0.25) is 0 Å². The van der Waals surface area contributed by atoms with E-state index in [1.54, 1.807) is 19.2 Å². The first-order valence-corrected chi connectivity index (χ1v) is 8.46. The van der Waals surface area contributed by atoms with Crippen LogP contribution in [0.5, 0.6) is 5.75 Å². The molecule has 4 heteroatoms. The number of hydrogen-bond donors (Lipinski definition) is 0. The molecule has 0 radical (unpaired) electrons. The van der Waals surface area contributed by atoms with Crippen LogP contribution in [0.25, 0.3) is 0 Å². The lowest BCUT2D eigenvalue weighted by Gasteiger charge is -2.07. The molecule has 0 unspecified atom stereocenters. The average molecular weight is 338 g/mol. The molecule has 1 saturated carbocycles. The van der Waals surface area contributed by atoms with Crippen LogP contribution >= 0.6 is 0 Å². The third-order valence-electron chi connectivity index (χ3n) is 4.51. The Hall–Kier alpha value is -2.62. The summed E-state index contributed by atoms with van der Waals surface area (Å²) in [5.41, 5.74) is 1.59. The average Bonchev–Trinajstić information content (AvgIpc) is 3.37. The Morgan fingerprint density at radius 3 is 2.12 bits per heavy atom. The largest absolute Gasteiger partial charge is 0.497 e. The Bertz CT molecular complexity index is 749. The second-order valence-corrected chi connectivity index (χ2v) is 6.57. The van der Waals surface area contributed by atoms with Crippen LogP contribution in [0.4, 0.5) is 0 Å². The molecule has 0 aromatic heterocycles. The number of esters is 1. The van der Waals surface area contributed by atoms with Gasteiger partial charge in [-0.2, -0.15) is 0 Å². The minimum Gasteiger partial charge on any atom is -0.497 e. The zero-order chi connectivity index (χ0) is 18.0. The van der Waals surface area contributed by atoms with Crippen LogP contribution in [0.1, 0.15) is 35.7 Å². The summed E-state index contributed by atoms with van der Waals surface area (Å²) in [6.45, 7) is 3.63. The molecule has 0 aliphatic heterocycles. The molecule has 130 valence electrons. The topological polar surface area (TPSA) is 52.6 Å². The number of Topliss-reactive ketones (excluding diaryl/α,β-unsaturated/α-hetero) is 1. The number of rotatable bonds is 6. The van der Waals surface area contributed by atoms with E-state index in [2.05, 4.69) is 0 Å². The number of hydrogen-bond acceptors (Lipinski definition) is 4. The summed E-state index contributed by atoms with van der Waals surface area (Å²) in [4.78, 5) is 25.4. The normalized spacial score (nSPS) is 21.7. The molecule has 0 heterocycles. The Balaban J connectivity index is 1.87.